The van der Waals surface area contributed by atoms with Gasteiger partial charge in [0, 0.05) is 33.2 Å². The van der Waals surface area contributed by atoms with E-state index in [-0.39, 0.29) is 30.1 Å². The molecule has 0 bridgehead atoms. The summed E-state index contributed by atoms with van der Waals surface area (Å²) in [5.41, 5.74) is 1.74. The maximum atomic E-state index is 12.1. The maximum absolute atomic E-state index is 12.1. The number of amides is 1. The molecule has 1 amide bonds. The fraction of sp³-hybridized carbons (Fsp3) is 0.524. The molecule has 156 valence electrons. The second-order valence-corrected chi connectivity index (χ2v) is 7.86. The molecule has 1 aliphatic carbocycles. The molecule has 0 radical (unpaired) electrons. The van der Waals surface area contributed by atoms with Crippen LogP contribution in [0.3, 0.4) is 0 Å². The lowest BCUT2D eigenvalue weighted by molar-refractivity contribution is 0.0285. The lowest BCUT2D eigenvalue weighted by Crippen LogP contribution is -2.42. The largest absolute Gasteiger partial charge is 0.444 e. The number of nitrogens with one attached hydrogen (secondary N) is 2. The second-order valence-electron chi connectivity index (χ2n) is 7.86. The van der Waals surface area contributed by atoms with Crippen LogP contribution in [0.2, 0.25) is 0 Å². The lowest BCUT2D eigenvalue weighted by Gasteiger charge is -2.24. The minimum atomic E-state index is -0.484. The molecule has 0 atom stereocenters. The Morgan fingerprint density at radius 3 is 2.29 bits per heavy atom. The first-order chi connectivity index (χ1) is 12.8. The third-order valence-electron chi connectivity index (χ3n) is 4.18. The Balaban J connectivity index is 0.00000392. The maximum Gasteiger partial charge on any atom is 0.410 e. The van der Waals surface area contributed by atoms with Crippen molar-refractivity contribution in [3.8, 4) is 0 Å². The van der Waals surface area contributed by atoms with E-state index in [0.717, 1.165) is 29.9 Å². The molecule has 0 fully saturated rings. The van der Waals surface area contributed by atoms with Gasteiger partial charge in [-0.15, -0.1) is 24.0 Å². The normalized spacial score (nSPS) is 14.4. The van der Waals surface area contributed by atoms with E-state index in [4.69, 9.17) is 4.74 Å². The van der Waals surface area contributed by atoms with Crippen LogP contribution in [0.25, 0.3) is 0 Å². The zero-order valence-corrected chi connectivity index (χ0v) is 19.8. The molecule has 0 aromatic heterocycles. The molecule has 0 heterocycles. The Hall–Kier alpha value is -1.77. The van der Waals surface area contributed by atoms with Crippen molar-refractivity contribution in [3.63, 3.8) is 0 Å². The first kappa shape index (κ1) is 24.3. The zero-order valence-electron chi connectivity index (χ0n) is 17.5. The third kappa shape index (κ3) is 8.50. The molecular weight excluding hydrogens is 467 g/mol. The number of hydrogen-bond acceptors (Lipinski definition) is 3. The quantitative estimate of drug-likeness (QED) is 0.277. The fourth-order valence-corrected chi connectivity index (χ4v) is 2.75. The highest BCUT2D eigenvalue weighted by molar-refractivity contribution is 14.0. The summed E-state index contributed by atoms with van der Waals surface area (Å²) in [7, 11) is 3.53. The van der Waals surface area contributed by atoms with Gasteiger partial charge >= 0.3 is 6.09 Å². The van der Waals surface area contributed by atoms with Crippen molar-refractivity contribution in [2.24, 2.45) is 4.99 Å². The van der Waals surface area contributed by atoms with Gasteiger partial charge in [0.05, 0.1) is 0 Å². The van der Waals surface area contributed by atoms with Crippen LogP contribution in [0.5, 0.6) is 0 Å². The van der Waals surface area contributed by atoms with Crippen LogP contribution < -0.4 is 10.6 Å². The summed E-state index contributed by atoms with van der Waals surface area (Å²) in [6.07, 6.45) is 6.15. The molecule has 7 heteroatoms. The van der Waals surface area contributed by atoms with Crippen molar-refractivity contribution in [1.29, 1.82) is 0 Å². The molecule has 28 heavy (non-hydrogen) atoms. The summed E-state index contributed by atoms with van der Waals surface area (Å²) in [4.78, 5) is 17.9. The monoisotopic (exact) mass is 500 g/mol. The van der Waals surface area contributed by atoms with Gasteiger partial charge < -0.3 is 20.3 Å². The Kier molecular flexibility index (Phi) is 9.78. The average Bonchev–Trinajstić information content (AvgIpc) is 3.11. The molecule has 0 spiro atoms. The SMILES string of the molecule is CN=C(NCc1ccc(CN(C)C(=O)OC(C)(C)C)cc1)NC1CC=CC1.I. The summed E-state index contributed by atoms with van der Waals surface area (Å²) in [6, 6.07) is 8.64. The molecule has 6 nitrogen and oxygen atoms in total. The minimum absolute atomic E-state index is 0. The highest BCUT2D eigenvalue weighted by Gasteiger charge is 2.19. The van der Waals surface area contributed by atoms with Crippen LogP contribution in [-0.2, 0) is 17.8 Å². The van der Waals surface area contributed by atoms with Gasteiger partial charge in [-0.05, 0) is 44.7 Å². The Morgan fingerprint density at radius 2 is 1.75 bits per heavy atom. The summed E-state index contributed by atoms with van der Waals surface area (Å²) in [5, 5.41) is 6.77. The van der Waals surface area contributed by atoms with Gasteiger partial charge in [-0.1, -0.05) is 36.4 Å². The molecule has 0 saturated carbocycles. The van der Waals surface area contributed by atoms with E-state index in [2.05, 4.69) is 39.9 Å². The third-order valence-corrected chi connectivity index (χ3v) is 4.18. The zero-order chi connectivity index (χ0) is 19.9. The summed E-state index contributed by atoms with van der Waals surface area (Å²) >= 11 is 0. The highest BCUT2D eigenvalue weighted by atomic mass is 127. The van der Waals surface area contributed by atoms with Crippen LogP contribution in [0.1, 0.15) is 44.7 Å². The first-order valence-electron chi connectivity index (χ1n) is 9.41. The Labute approximate surface area is 185 Å². The molecule has 0 unspecified atom stereocenters. The highest BCUT2D eigenvalue weighted by Crippen LogP contribution is 2.12. The van der Waals surface area contributed by atoms with Crippen molar-refractivity contribution >= 4 is 36.0 Å². The van der Waals surface area contributed by atoms with Gasteiger partial charge in [-0.2, -0.15) is 0 Å². The second kappa shape index (κ2) is 11.3. The van der Waals surface area contributed by atoms with E-state index in [1.165, 1.54) is 0 Å². The number of hydrogen-bond donors (Lipinski definition) is 2. The number of carbonyl (C=O) groups is 1. The molecular formula is C21H33IN4O2. The molecule has 1 aromatic carbocycles. The topological polar surface area (TPSA) is 66.0 Å². The van der Waals surface area contributed by atoms with Crippen molar-refractivity contribution in [2.75, 3.05) is 14.1 Å². The van der Waals surface area contributed by atoms with E-state index in [1.54, 1.807) is 19.0 Å². The van der Waals surface area contributed by atoms with Gasteiger partial charge in [-0.25, -0.2) is 4.79 Å². The molecule has 2 rings (SSSR count). The van der Waals surface area contributed by atoms with E-state index in [9.17, 15) is 4.79 Å². The number of benzene rings is 1. The number of nitrogens with zero attached hydrogens (tertiary/aromatic N) is 2. The van der Waals surface area contributed by atoms with Crippen LogP contribution >= 0.6 is 24.0 Å². The molecule has 0 saturated heterocycles. The predicted octanol–water partition coefficient (Wildman–Crippen LogP) is 4.06. The van der Waals surface area contributed by atoms with E-state index >= 15 is 0 Å². The van der Waals surface area contributed by atoms with Crippen LogP contribution in [0, 0.1) is 0 Å². The summed E-state index contributed by atoms with van der Waals surface area (Å²) in [5.74, 6) is 0.817. The fourth-order valence-electron chi connectivity index (χ4n) is 2.75. The van der Waals surface area contributed by atoms with Gasteiger partial charge in [-0.3, -0.25) is 4.99 Å². The van der Waals surface area contributed by atoms with E-state index in [0.29, 0.717) is 19.1 Å². The molecule has 1 aliphatic rings. The number of guanidine groups is 1. The lowest BCUT2D eigenvalue weighted by atomic mass is 10.1. The van der Waals surface area contributed by atoms with E-state index < -0.39 is 5.60 Å². The standard InChI is InChI=1S/C21H32N4O2.HI/c1-21(2,3)27-20(26)25(5)15-17-12-10-16(11-13-17)14-23-19(22-4)24-18-8-6-7-9-18;/h6-7,10-13,18H,8-9,14-15H2,1-5H3,(H2,22,23,24);1H. The van der Waals surface area contributed by atoms with E-state index in [1.807, 2.05) is 32.9 Å². The van der Waals surface area contributed by atoms with Crippen LogP contribution in [0.15, 0.2) is 41.4 Å². The number of carbonyl (C=O) groups excluding carboxylic acids is 1. The first-order valence-corrected chi connectivity index (χ1v) is 9.41. The summed E-state index contributed by atoms with van der Waals surface area (Å²) < 4.78 is 5.38. The number of rotatable bonds is 5. The van der Waals surface area contributed by atoms with Gasteiger partial charge in [0.15, 0.2) is 5.96 Å². The number of ether oxygens (including phenoxy) is 1. The van der Waals surface area contributed by atoms with Crippen molar-refractivity contribution < 1.29 is 9.53 Å². The molecule has 0 aliphatic heterocycles. The van der Waals surface area contributed by atoms with Crippen LogP contribution in [-0.4, -0.2) is 42.7 Å². The average molecular weight is 500 g/mol. The molecule has 2 N–H and O–H groups in total. The predicted molar refractivity (Wildman–Crippen MR) is 125 cm³/mol. The Morgan fingerprint density at radius 1 is 1.18 bits per heavy atom. The number of halogens is 1. The van der Waals surface area contributed by atoms with Crippen molar-refractivity contribution in [1.82, 2.24) is 15.5 Å². The van der Waals surface area contributed by atoms with Crippen molar-refractivity contribution in [2.45, 2.75) is 58.3 Å². The van der Waals surface area contributed by atoms with Crippen LogP contribution in [0.4, 0.5) is 4.79 Å². The van der Waals surface area contributed by atoms with Gasteiger partial charge in [0.25, 0.3) is 0 Å². The Bertz CT molecular complexity index is 673. The van der Waals surface area contributed by atoms with Gasteiger partial charge in [0.2, 0.25) is 0 Å². The smallest absolute Gasteiger partial charge is 0.410 e. The number of aliphatic imine (C=N–C) groups is 1. The molecule has 1 aromatic rings. The van der Waals surface area contributed by atoms with Gasteiger partial charge in [0.1, 0.15) is 5.60 Å². The minimum Gasteiger partial charge on any atom is -0.444 e. The summed E-state index contributed by atoms with van der Waals surface area (Å²) in [6.45, 7) is 6.81. The van der Waals surface area contributed by atoms with Crippen molar-refractivity contribution in [3.05, 3.63) is 47.5 Å².